The molecule has 0 aliphatic heterocycles. The largest absolute Gasteiger partial charge is 0.481 e. The number of aliphatic carboxylic acids is 1. The van der Waals surface area contributed by atoms with Crippen molar-refractivity contribution in [2.45, 2.75) is 32.1 Å². The van der Waals surface area contributed by atoms with E-state index in [4.69, 9.17) is 5.11 Å². The normalized spacial score (nSPS) is 32.0. The van der Waals surface area contributed by atoms with Crippen molar-refractivity contribution < 1.29 is 14.7 Å². The first-order valence-corrected chi connectivity index (χ1v) is 5.13. The van der Waals surface area contributed by atoms with Gasteiger partial charge in [-0.3, -0.25) is 9.59 Å². The second-order valence-electron chi connectivity index (χ2n) is 4.24. The van der Waals surface area contributed by atoms with E-state index in [1.54, 1.807) is 6.08 Å². The van der Waals surface area contributed by atoms with E-state index in [2.05, 4.69) is 0 Å². The second-order valence-corrected chi connectivity index (χ2v) is 4.24. The molecule has 76 valence electrons. The Kier molecular flexibility index (Phi) is 2.40. The van der Waals surface area contributed by atoms with Gasteiger partial charge in [-0.05, 0) is 37.7 Å². The van der Waals surface area contributed by atoms with Gasteiger partial charge in [-0.25, -0.2) is 0 Å². The quantitative estimate of drug-likeness (QED) is 0.692. The van der Waals surface area contributed by atoms with Crippen LogP contribution in [0.15, 0.2) is 11.6 Å². The molecule has 2 unspecified atom stereocenters. The number of carbonyl (C=O) groups excluding carboxylic acids is 1. The molecule has 0 heterocycles. The summed E-state index contributed by atoms with van der Waals surface area (Å²) in [7, 11) is 0. The molecule has 0 spiro atoms. The zero-order valence-corrected chi connectivity index (χ0v) is 8.03. The lowest BCUT2D eigenvalue weighted by Gasteiger charge is -2.31. The van der Waals surface area contributed by atoms with Gasteiger partial charge in [0.2, 0.25) is 0 Å². The summed E-state index contributed by atoms with van der Waals surface area (Å²) in [5, 5.41) is 8.88. The number of allylic oxidation sites excluding steroid dienone is 2. The first kappa shape index (κ1) is 9.44. The summed E-state index contributed by atoms with van der Waals surface area (Å²) in [6.45, 7) is 0. The first-order valence-electron chi connectivity index (χ1n) is 5.13. The van der Waals surface area contributed by atoms with Gasteiger partial charge in [-0.1, -0.05) is 5.57 Å². The van der Waals surface area contributed by atoms with Crippen LogP contribution in [0.3, 0.4) is 0 Å². The zero-order valence-electron chi connectivity index (χ0n) is 8.03. The van der Waals surface area contributed by atoms with Crippen LogP contribution >= 0.6 is 0 Å². The Balaban J connectivity index is 2.13. The average molecular weight is 194 g/mol. The summed E-state index contributed by atoms with van der Waals surface area (Å²) in [6.07, 6.45) is 5.56. The number of carboxylic acids is 1. The van der Waals surface area contributed by atoms with Crippen LogP contribution in [-0.2, 0) is 9.59 Å². The minimum atomic E-state index is -0.720. The third-order valence-corrected chi connectivity index (χ3v) is 3.30. The fourth-order valence-corrected chi connectivity index (χ4v) is 2.45. The molecule has 0 saturated heterocycles. The van der Waals surface area contributed by atoms with Crippen molar-refractivity contribution in [3.8, 4) is 0 Å². The maximum absolute atomic E-state index is 11.2. The highest BCUT2D eigenvalue weighted by atomic mass is 16.4. The molecule has 3 heteroatoms. The van der Waals surface area contributed by atoms with E-state index >= 15 is 0 Å². The molecular formula is C11H14O3. The number of ketones is 1. The average Bonchev–Trinajstić information content (AvgIpc) is 2.16. The van der Waals surface area contributed by atoms with Gasteiger partial charge in [0.1, 0.15) is 0 Å². The molecular weight excluding hydrogens is 180 g/mol. The number of rotatable bonds is 1. The standard InChI is InChI=1S/C11H14O3/c12-10-4-3-7-1-2-8(11(13)14)5-9(7)6-10/h6-8H,1-5H2,(H,13,14). The lowest BCUT2D eigenvalue weighted by Crippen LogP contribution is -2.26. The first-order chi connectivity index (χ1) is 6.66. The summed E-state index contributed by atoms with van der Waals surface area (Å²) in [4.78, 5) is 22.0. The third-order valence-electron chi connectivity index (χ3n) is 3.30. The molecule has 1 N–H and O–H groups in total. The summed E-state index contributed by atoms with van der Waals surface area (Å²) in [5.41, 5.74) is 1.08. The summed E-state index contributed by atoms with van der Waals surface area (Å²) in [6, 6.07) is 0. The Bertz CT molecular complexity index is 304. The van der Waals surface area contributed by atoms with Crippen LogP contribution in [0.25, 0.3) is 0 Å². The zero-order chi connectivity index (χ0) is 10.1. The lowest BCUT2D eigenvalue weighted by molar-refractivity contribution is -0.142. The van der Waals surface area contributed by atoms with Crippen LogP contribution in [0.2, 0.25) is 0 Å². The van der Waals surface area contributed by atoms with Crippen molar-refractivity contribution in [1.29, 1.82) is 0 Å². The van der Waals surface area contributed by atoms with Crippen molar-refractivity contribution in [2.75, 3.05) is 0 Å². The Morgan fingerprint density at radius 3 is 2.86 bits per heavy atom. The van der Waals surface area contributed by atoms with E-state index in [1.165, 1.54) is 0 Å². The van der Waals surface area contributed by atoms with Gasteiger partial charge in [0, 0.05) is 6.42 Å². The van der Waals surface area contributed by atoms with E-state index in [-0.39, 0.29) is 11.7 Å². The summed E-state index contributed by atoms with van der Waals surface area (Å²) >= 11 is 0. The molecule has 2 rings (SSSR count). The molecule has 1 saturated carbocycles. The Morgan fingerprint density at radius 1 is 1.36 bits per heavy atom. The van der Waals surface area contributed by atoms with Crippen molar-refractivity contribution in [2.24, 2.45) is 11.8 Å². The fraction of sp³-hybridized carbons (Fsp3) is 0.636. The Morgan fingerprint density at radius 2 is 2.14 bits per heavy atom. The number of fused-ring (bicyclic) bond motifs is 1. The van der Waals surface area contributed by atoms with Gasteiger partial charge >= 0.3 is 5.97 Å². The molecule has 14 heavy (non-hydrogen) atoms. The predicted molar refractivity (Wildman–Crippen MR) is 50.8 cm³/mol. The maximum Gasteiger partial charge on any atom is 0.306 e. The second kappa shape index (κ2) is 3.56. The number of carboxylic acid groups (broad SMARTS) is 1. The molecule has 0 radical (unpaired) electrons. The highest BCUT2D eigenvalue weighted by Crippen LogP contribution is 2.38. The molecule has 2 atom stereocenters. The minimum Gasteiger partial charge on any atom is -0.481 e. The van der Waals surface area contributed by atoms with Crippen molar-refractivity contribution in [1.82, 2.24) is 0 Å². The Hall–Kier alpha value is -1.12. The number of carbonyl (C=O) groups is 2. The van der Waals surface area contributed by atoms with E-state index in [0.717, 1.165) is 24.8 Å². The van der Waals surface area contributed by atoms with Gasteiger partial charge < -0.3 is 5.11 Å². The van der Waals surface area contributed by atoms with Crippen molar-refractivity contribution >= 4 is 11.8 Å². The smallest absolute Gasteiger partial charge is 0.306 e. The Labute approximate surface area is 82.8 Å². The molecule has 0 amide bonds. The molecule has 3 nitrogen and oxygen atoms in total. The van der Waals surface area contributed by atoms with E-state index < -0.39 is 5.97 Å². The molecule has 2 aliphatic carbocycles. The van der Waals surface area contributed by atoms with Crippen LogP contribution in [0.5, 0.6) is 0 Å². The molecule has 0 aromatic heterocycles. The van der Waals surface area contributed by atoms with Crippen LogP contribution in [0.4, 0.5) is 0 Å². The SMILES string of the molecule is O=C1C=C2CC(C(=O)O)CCC2CC1. The van der Waals surface area contributed by atoms with Crippen LogP contribution in [0, 0.1) is 11.8 Å². The topological polar surface area (TPSA) is 54.4 Å². The van der Waals surface area contributed by atoms with Crippen LogP contribution in [-0.4, -0.2) is 16.9 Å². The summed E-state index contributed by atoms with van der Waals surface area (Å²) < 4.78 is 0. The molecule has 0 aromatic rings. The molecule has 0 aromatic carbocycles. The van der Waals surface area contributed by atoms with Crippen LogP contribution in [0.1, 0.15) is 32.1 Å². The van der Waals surface area contributed by atoms with Gasteiger partial charge in [0.25, 0.3) is 0 Å². The minimum absolute atomic E-state index is 0.169. The van der Waals surface area contributed by atoms with Crippen molar-refractivity contribution in [3.05, 3.63) is 11.6 Å². The fourth-order valence-electron chi connectivity index (χ4n) is 2.45. The highest BCUT2D eigenvalue weighted by molar-refractivity contribution is 5.91. The summed E-state index contributed by atoms with van der Waals surface area (Å²) in [5.74, 6) is -0.323. The van der Waals surface area contributed by atoms with E-state index in [0.29, 0.717) is 18.8 Å². The van der Waals surface area contributed by atoms with E-state index in [1.807, 2.05) is 0 Å². The lowest BCUT2D eigenvalue weighted by atomic mass is 9.73. The van der Waals surface area contributed by atoms with E-state index in [9.17, 15) is 9.59 Å². The monoisotopic (exact) mass is 194 g/mol. The van der Waals surface area contributed by atoms with Crippen molar-refractivity contribution in [3.63, 3.8) is 0 Å². The molecule has 2 aliphatic rings. The maximum atomic E-state index is 11.2. The molecule has 0 bridgehead atoms. The van der Waals surface area contributed by atoms with Gasteiger partial charge in [-0.15, -0.1) is 0 Å². The van der Waals surface area contributed by atoms with Gasteiger partial charge in [0.05, 0.1) is 5.92 Å². The van der Waals surface area contributed by atoms with Gasteiger partial charge in [0.15, 0.2) is 5.78 Å². The molecule has 1 fully saturated rings. The number of hydrogen-bond acceptors (Lipinski definition) is 2. The number of hydrogen-bond donors (Lipinski definition) is 1. The van der Waals surface area contributed by atoms with Crippen LogP contribution < -0.4 is 0 Å². The third kappa shape index (κ3) is 1.72. The predicted octanol–water partition coefficient (Wildman–Crippen LogP) is 1.78. The van der Waals surface area contributed by atoms with Gasteiger partial charge in [-0.2, -0.15) is 0 Å². The highest BCUT2D eigenvalue weighted by Gasteiger charge is 2.31.